The Balaban J connectivity index is 1.30. The summed E-state index contributed by atoms with van der Waals surface area (Å²) in [5.41, 5.74) is 20.6. The maximum absolute atomic E-state index is 6.58. The molecule has 3 heterocycles. The summed E-state index contributed by atoms with van der Waals surface area (Å²) >= 11 is 0. The van der Waals surface area contributed by atoms with Gasteiger partial charge in [-0.05, 0) is 128 Å². The van der Waals surface area contributed by atoms with Crippen molar-refractivity contribution in [3.63, 3.8) is 0 Å². The number of aryl methyl sites for hydroxylation is 1. The quantitative estimate of drug-likeness (QED) is 0.165. The molecule has 10 rings (SSSR count). The van der Waals surface area contributed by atoms with Crippen molar-refractivity contribution < 1.29 is 4.42 Å². The Labute approximate surface area is 362 Å². The van der Waals surface area contributed by atoms with Gasteiger partial charge >= 0.3 is 0 Å². The van der Waals surface area contributed by atoms with Gasteiger partial charge in [-0.25, -0.2) is 0 Å². The Morgan fingerprint density at radius 1 is 0.443 bits per heavy atom. The van der Waals surface area contributed by atoms with Gasteiger partial charge in [-0.1, -0.05) is 153 Å². The molecule has 2 aliphatic rings. The number of rotatable bonds is 4. The van der Waals surface area contributed by atoms with Gasteiger partial charge < -0.3 is 14.2 Å². The average molecular weight is 795 g/mol. The fourth-order valence-electron chi connectivity index (χ4n) is 9.57. The summed E-state index contributed by atoms with van der Waals surface area (Å²) in [6.45, 7) is 23.0. The van der Waals surface area contributed by atoms with E-state index in [1.807, 2.05) is 6.07 Å². The first-order chi connectivity index (χ1) is 29.0. The van der Waals surface area contributed by atoms with E-state index in [-0.39, 0.29) is 23.0 Å². The molecule has 0 atom stereocenters. The zero-order valence-electron chi connectivity index (χ0n) is 37.3. The lowest BCUT2D eigenvalue weighted by atomic mass is 9.33. The summed E-state index contributed by atoms with van der Waals surface area (Å²) in [5.74, 6) is 0.870. The molecule has 2 aliphatic heterocycles. The van der Waals surface area contributed by atoms with Crippen molar-refractivity contribution >= 4 is 68.2 Å². The van der Waals surface area contributed by atoms with Gasteiger partial charge in [0.1, 0.15) is 11.3 Å². The van der Waals surface area contributed by atoms with Crippen molar-refractivity contribution in [3.8, 4) is 22.5 Å². The fourth-order valence-corrected chi connectivity index (χ4v) is 9.57. The standard InChI is InChI=1S/C57H55BN2O/c1-36-30-50-54-51(31-36)60(47-28-23-41(56(5,6)7)34-44(47)37-16-12-11-13-17-37)49-32-39(53-33-38-18-14-15-19-52(38)61-53)20-27-45(49)58(54)46-35-42(57(8,9)10)24-29-48(46)59(50)43-25-21-40(22-26-43)55(2,3)4/h11-35H,1-10H3. The van der Waals surface area contributed by atoms with Gasteiger partial charge in [-0.15, -0.1) is 0 Å². The number of fused-ring (bicyclic) bond motifs is 5. The molecule has 0 unspecified atom stereocenters. The predicted molar refractivity (Wildman–Crippen MR) is 262 cm³/mol. The Kier molecular flexibility index (Phi) is 8.86. The van der Waals surface area contributed by atoms with Crippen LogP contribution < -0.4 is 26.2 Å². The molecule has 0 amide bonds. The lowest BCUT2D eigenvalue weighted by Gasteiger charge is -2.45. The lowest BCUT2D eigenvalue weighted by Crippen LogP contribution is -2.61. The van der Waals surface area contributed by atoms with E-state index in [9.17, 15) is 0 Å². The number of para-hydroxylation sites is 1. The molecule has 3 nitrogen and oxygen atoms in total. The van der Waals surface area contributed by atoms with Crippen LogP contribution in [0.1, 0.15) is 84.6 Å². The minimum Gasteiger partial charge on any atom is -0.456 e. The second kappa shape index (κ2) is 13.9. The third kappa shape index (κ3) is 6.59. The Hall–Kier alpha value is -6.26. The number of benzene rings is 7. The average Bonchev–Trinajstić information content (AvgIpc) is 3.67. The summed E-state index contributed by atoms with van der Waals surface area (Å²) in [6.07, 6.45) is 0. The maximum Gasteiger partial charge on any atom is 0.252 e. The molecule has 0 aliphatic carbocycles. The van der Waals surface area contributed by atoms with E-state index >= 15 is 0 Å². The highest BCUT2D eigenvalue weighted by Gasteiger charge is 2.44. The highest BCUT2D eigenvalue weighted by Crippen LogP contribution is 2.49. The summed E-state index contributed by atoms with van der Waals surface area (Å²) in [5, 5.41) is 1.10. The molecule has 0 spiro atoms. The van der Waals surface area contributed by atoms with Crippen molar-refractivity contribution in [2.45, 2.75) is 85.5 Å². The van der Waals surface area contributed by atoms with Crippen LogP contribution in [-0.4, -0.2) is 6.71 Å². The van der Waals surface area contributed by atoms with Crippen LogP contribution in [-0.2, 0) is 16.2 Å². The largest absolute Gasteiger partial charge is 0.456 e. The second-order valence-corrected chi connectivity index (χ2v) is 20.4. The Bertz CT molecular complexity index is 2960. The molecular formula is C57H55BN2O. The van der Waals surface area contributed by atoms with Crippen molar-refractivity contribution in [2.24, 2.45) is 0 Å². The van der Waals surface area contributed by atoms with Crippen molar-refractivity contribution in [1.82, 2.24) is 0 Å². The zero-order valence-corrected chi connectivity index (χ0v) is 37.3. The minimum absolute atomic E-state index is 0.00186. The molecule has 61 heavy (non-hydrogen) atoms. The normalized spacial score (nSPS) is 13.6. The number of anilines is 6. The molecule has 302 valence electrons. The first kappa shape index (κ1) is 38.9. The van der Waals surface area contributed by atoms with E-state index in [1.165, 1.54) is 78.2 Å². The summed E-state index contributed by atoms with van der Waals surface area (Å²) in [4.78, 5) is 5.10. The number of furan rings is 1. The first-order valence-electron chi connectivity index (χ1n) is 21.9. The molecule has 0 radical (unpaired) electrons. The molecule has 0 N–H and O–H groups in total. The minimum atomic E-state index is -0.0291. The summed E-state index contributed by atoms with van der Waals surface area (Å²) < 4.78 is 6.58. The topological polar surface area (TPSA) is 19.6 Å². The summed E-state index contributed by atoms with van der Waals surface area (Å²) in [7, 11) is 0. The van der Waals surface area contributed by atoms with Gasteiger partial charge in [0, 0.05) is 45.0 Å². The van der Waals surface area contributed by atoms with E-state index in [2.05, 4.69) is 225 Å². The fraction of sp³-hybridized carbons (Fsp3) is 0.228. The molecular weight excluding hydrogens is 739 g/mol. The van der Waals surface area contributed by atoms with Gasteiger partial charge in [0.15, 0.2) is 0 Å². The molecule has 1 aromatic heterocycles. The van der Waals surface area contributed by atoms with Crippen molar-refractivity contribution in [1.29, 1.82) is 0 Å². The van der Waals surface area contributed by atoms with Gasteiger partial charge in [0.05, 0.1) is 5.69 Å². The Morgan fingerprint density at radius 3 is 1.72 bits per heavy atom. The predicted octanol–water partition coefficient (Wildman–Crippen LogP) is 14.1. The number of hydrogen-bond acceptors (Lipinski definition) is 3. The van der Waals surface area contributed by atoms with Crippen LogP contribution in [0.3, 0.4) is 0 Å². The van der Waals surface area contributed by atoms with Gasteiger partial charge in [0.25, 0.3) is 6.71 Å². The third-order valence-corrected chi connectivity index (χ3v) is 13.0. The molecule has 0 saturated heterocycles. The second-order valence-electron chi connectivity index (χ2n) is 20.4. The smallest absolute Gasteiger partial charge is 0.252 e. The van der Waals surface area contributed by atoms with Crippen LogP contribution in [0.25, 0.3) is 33.4 Å². The van der Waals surface area contributed by atoms with Crippen LogP contribution >= 0.6 is 0 Å². The van der Waals surface area contributed by atoms with Gasteiger partial charge in [-0.2, -0.15) is 0 Å². The van der Waals surface area contributed by atoms with E-state index in [0.29, 0.717) is 0 Å². The van der Waals surface area contributed by atoms with Crippen molar-refractivity contribution in [2.75, 3.05) is 9.80 Å². The molecule has 0 saturated carbocycles. The van der Waals surface area contributed by atoms with Crippen LogP contribution in [0.2, 0.25) is 0 Å². The monoisotopic (exact) mass is 794 g/mol. The van der Waals surface area contributed by atoms with Gasteiger partial charge in [-0.3, -0.25) is 0 Å². The van der Waals surface area contributed by atoms with Crippen LogP contribution in [0.5, 0.6) is 0 Å². The highest BCUT2D eigenvalue weighted by atomic mass is 16.3. The zero-order chi connectivity index (χ0) is 42.6. The Morgan fingerprint density at radius 2 is 1.05 bits per heavy atom. The number of nitrogens with zero attached hydrogens (tertiary/aromatic N) is 2. The third-order valence-electron chi connectivity index (χ3n) is 13.0. The molecule has 7 aromatic carbocycles. The van der Waals surface area contributed by atoms with E-state index in [0.717, 1.165) is 28.0 Å². The molecule has 0 bridgehead atoms. The van der Waals surface area contributed by atoms with Gasteiger partial charge in [0.2, 0.25) is 0 Å². The summed E-state index contributed by atoms with van der Waals surface area (Å²) in [6, 6.07) is 57.0. The van der Waals surface area contributed by atoms with E-state index in [1.54, 1.807) is 0 Å². The van der Waals surface area contributed by atoms with Crippen LogP contribution in [0, 0.1) is 6.92 Å². The lowest BCUT2D eigenvalue weighted by molar-refractivity contribution is 0.590. The van der Waals surface area contributed by atoms with Crippen LogP contribution in [0.15, 0.2) is 156 Å². The molecule has 8 aromatic rings. The van der Waals surface area contributed by atoms with Crippen molar-refractivity contribution in [3.05, 3.63) is 174 Å². The SMILES string of the molecule is Cc1cc2c3c(c1)N(c1ccc(C(C)(C)C)cc1-c1ccccc1)c1cc(-c4cc5ccccc5o4)ccc1B3c1cc(C(C)(C)C)ccc1N2c1ccc(C(C)(C)C)cc1. The molecule has 4 heteroatoms. The van der Waals surface area contributed by atoms with E-state index in [4.69, 9.17) is 4.42 Å². The highest BCUT2D eigenvalue weighted by molar-refractivity contribution is 7.00. The molecule has 0 fully saturated rings. The maximum atomic E-state index is 6.58. The van der Waals surface area contributed by atoms with Crippen LogP contribution in [0.4, 0.5) is 34.1 Å². The number of hydrogen-bond donors (Lipinski definition) is 0. The van der Waals surface area contributed by atoms with E-state index < -0.39 is 0 Å². The first-order valence-corrected chi connectivity index (χ1v) is 21.9.